The van der Waals surface area contributed by atoms with E-state index < -0.39 is 8.32 Å². The van der Waals surface area contributed by atoms with Crippen LogP contribution in [-0.2, 0) is 4.79 Å². The molecule has 3 heteroatoms. The molecule has 0 spiro atoms. The van der Waals surface area contributed by atoms with E-state index in [-0.39, 0.29) is 10.8 Å². The fourth-order valence-corrected chi connectivity index (χ4v) is 7.39. The van der Waals surface area contributed by atoms with Crippen molar-refractivity contribution in [2.45, 2.75) is 57.9 Å². The van der Waals surface area contributed by atoms with Crippen LogP contribution in [0, 0.1) is 0 Å². The van der Waals surface area contributed by atoms with Crippen LogP contribution in [0.4, 0.5) is 0 Å². The Morgan fingerprint density at radius 1 is 0.880 bits per heavy atom. The molecule has 1 N–H and O–H groups in total. The average molecular weight is 355 g/mol. The Morgan fingerprint density at radius 3 is 1.80 bits per heavy atom. The lowest BCUT2D eigenvalue weighted by molar-refractivity contribution is -0.117. The van der Waals surface area contributed by atoms with Gasteiger partial charge in [0, 0.05) is 6.42 Å². The van der Waals surface area contributed by atoms with Crippen LogP contribution in [-0.4, -0.2) is 18.9 Å². The van der Waals surface area contributed by atoms with Crippen molar-refractivity contribution in [1.82, 2.24) is 0 Å². The van der Waals surface area contributed by atoms with Crippen LogP contribution >= 0.6 is 0 Å². The largest absolute Gasteiger partial charge is 0.424 e. The van der Waals surface area contributed by atoms with E-state index in [9.17, 15) is 9.59 Å². The molecule has 134 valence electrons. The fourth-order valence-electron chi connectivity index (χ4n) is 3.61. The standard InChI is InChI=1S/C22H30O2Si/c1-19(23)13-7-6-12-18-22(2,3)25(24,20-14-8-4-9-15-20)21-16-10-5-11-17-21/h4-5,8-11,14-17,24H,6-7,12-13,18H2,1-3H3. The van der Waals surface area contributed by atoms with Gasteiger partial charge in [-0.15, -0.1) is 0 Å². The number of rotatable bonds is 9. The minimum Gasteiger partial charge on any atom is -0.424 e. The summed E-state index contributed by atoms with van der Waals surface area (Å²) in [7, 11) is -2.88. The summed E-state index contributed by atoms with van der Waals surface area (Å²) >= 11 is 0. The molecule has 0 aliphatic rings. The molecule has 0 unspecified atom stereocenters. The molecule has 2 nitrogen and oxygen atoms in total. The van der Waals surface area contributed by atoms with E-state index in [2.05, 4.69) is 38.1 Å². The second-order valence-corrected chi connectivity index (χ2v) is 11.5. The van der Waals surface area contributed by atoms with Gasteiger partial charge in [0.05, 0.1) is 0 Å². The van der Waals surface area contributed by atoms with Gasteiger partial charge >= 0.3 is 0 Å². The Balaban J connectivity index is 2.24. The summed E-state index contributed by atoms with van der Waals surface area (Å²) in [5.74, 6) is 0.263. The van der Waals surface area contributed by atoms with Crippen molar-refractivity contribution in [3.63, 3.8) is 0 Å². The molecule has 0 aliphatic carbocycles. The minimum absolute atomic E-state index is 0.189. The highest BCUT2D eigenvalue weighted by Gasteiger charge is 2.49. The molecule has 25 heavy (non-hydrogen) atoms. The van der Waals surface area contributed by atoms with E-state index >= 15 is 0 Å². The summed E-state index contributed by atoms with van der Waals surface area (Å²) < 4.78 is 0. The zero-order valence-electron chi connectivity index (χ0n) is 15.7. The van der Waals surface area contributed by atoms with Crippen LogP contribution in [0.15, 0.2) is 60.7 Å². The molecule has 2 rings (SSSR count). The third-order valence-corrected chi connectivity index (χ3v) is 9.74. The van der Waals surface area contributed by atoms with Crippen LogP contribution in [0.3, 0.4) is 0 Å². The van der Waals surface area contributed by atoms with Crippen molar-refractivity contribution in [3.05, 3.63) is 60.7 Å². The maximum absolute atomic E-state index is 12.0. The van der Waals surface area contributed by atoms with E-state index in [0.717, 1.165) is 36.1 Å². The second kappa shape index (κ2) is 8.59. The maximum atomic E-state index is 12.0. The van der Waals surface area contributed by atoms with Gasteiger partial charge in [0.1, 0.15) is 5.78 Å². The van der Waals surface area contributed by atoms with Crippen molar-refractivity contribution in [2.24, 2.45) is 0 Å². The van der Waals surface area contributed by atoms with Gasteiger partial charge in [-0.2, -0.15) is 0 Å². The van der Waals surface area contributed by atoms with Crippen molar-refractivity contribution in [1.29, 1.82) is 0 Å². The van der Waals surface area contributed by atoms with E-state index in [1.165, 1.54) is 0 Å². The summed E-state index contributed by atoms with van der Waals surface area (Å²) in [6, 6.07) is 20.3. The number of unbranched alkanes of at least 4 members (excludes halogenated alkanes) is 2. The summed E-state index contributed by atoms with van der Waals surface area (Å²) in [5.41, 5.74) is 0. The van der Waals surface area contributed by atoms with Gasteiger partial charge in [-0.3, -0.25) is 0 Å². The molecule has 0 aliphatic heterocycles. The average Bonchev–Trinajstić information content (AvgIpc) is 2.61. The minimum atomic E-state index is -2.88. The Kier molecular flexibility index (Phi) is 6.74. The number of ketones is 1. The highest BCUT2D eigenvalue weighted by atomic mass is 28.4. The van der Waals surface area contributed by atoms with Crippen molar-refractivity contribution >= 4 is 24.5 Å². The maximum Gasteiger partial charge on any atom is 0.258 e. The molecule has 0 atom stereocenters. The number of hydrogen-bond acceptors (Lipinski definition) is 2. The Morgan fingerprint density at radius 2 is 1.36 bits per heavy atom. The topological polar surface area (TPSA) is 37.3 Å². The van der Waals surface area contributed by atoms with E-state index in [1.807, 2.05) is 36.4 Å². The first-order chi connectivity index (χ1) is 11.9. The molecule has 2 aromatic carbocycles. The normalized spacial score (nSPS) is 12.2. The van der Waals surface area contributed by atoms with Crippen molar-refractivity contribution in [3.8, 4) is 0 Å². The quantitative estimate of drug-likeness (QED) is 0.545. The predicted molar refractivity (Wildman–Crippen MR) is 108 cm³/mol. The van der Waals surface area contributed by atoms with Gasteiger partial charge in [0.15, 0.2) is 0 Å². The lowest BCUT2D eigenvalue weighted by Crippen LogP contribution is -2.65. The molecule has 0 fully saturated rings. The molecular weight excluding hydrogens is 324 g/mol. The number of Topliss-reactive ketones (excluding diaryl/α,β-unsaturated/α-hetero) is 1. The van der Waals surface area contributed by atoms with E-state index in [4.69, 9.17) is 0 Å². The fraction of sp³-hybridized carbons (Fsp3) is 0.409. The van der Waals surface area contributed by atoms with Gasteiger partial charge in [0.25, 0.3) is 8.32 Å². The lowest BCUT2D eigenvalue weighted by Gasteiger charge is -2.41. The first-order valence-electron chi connectivity index (χ1n) is 9.21. The lowest BCUT2D eigenvalue weighted by atomic mass is 10.0. The molecule has 0 heterocycles. The molecule has 0 radical (unpaired) electrons. The van der Waals surface area contributed by atoms with E-state index in [1.54, 1.807) is 6.92 Å². The molecule has 0 saturated heterocycles. The van der Waals surface area contributed by atoms with Crippen LogP contribution in [0.25, 0.3) is 0 Å². The van der Waals surface area contributed by atoms with Gasteiger partial charge < -0.3 is 9.59 Å². The molecule has 0 saturated carbocycles. The van der Waals surface area contributed by atoms with Crippen molar-refractivity contribution in [2.75, 3.05) is 0 Å². The molecular formula is C22H30O2Si. The van der Waals surface area contributed by atoms with Crippen LogP contribution in [0.5, 0.6) is 0 Å². The molecule has 2 aromatic rings. The van der Waals surface area contributed by atoms with Gasteiger partial charge in [-0.05, 0) is 35.2 Å². The van der Waals surface area contributed by atoms with Gasteiger partial charge in [0.2, 0.25) is 0 Å². The number of benzene rings is 2. The molecule has 0 bridgehead atoms. The third kappa shape index (κ3) is 4.68. The first-order valence-corrected chi connectivity index (χ1v) is 11.2. The monoisotopic (exact) mass is 354 g/mol. The smallest absolute Gasteiger partial charge is 0.258 e. The first kappa shape index (κ1) is 19.6. The Bertz CT molecular complexity index is 625. The number of carbonyl (C=O) groups is 1. The number of carbonyl (C=O) groups excluding carboxylic acids is 1. The molecule has 0 amide bonds. The summed E-state index contributed by atoms with van der Waals surface area (Å²) in [5, 5.41) is 1.94. The predicted octanol–water partition coefficient (Wildman–Crippen LogP) is 4.06. The van der Waals surface area contributed by atoms with Crippen LogP contribution in [0.2, 0.25) is 5.04 Å². The molecule has 0 aromatic heterocycles. The van der Waals surface area contributed by atoms with Crippen molar-refractivity contribution < 1.29 is 9.59 Å². The van der Waals surface area contributed by atoms with Gasteiger partial charge in [-0.1, -0.05) is 87.4 Å². The van der Waals surface area contributed by atoms with E-state index in [0.29, 0.717) is 6.42 Å². The zero-order valence-corrected chi connectivity index (χ0v) is 16.7. The highest BCUT2D eigenvalue weighted by molar-refractivity contribution is 6.98. The van der Waals surface area contributed by atoms with Crippen LogP contribution in [0.1, 0.15) is 52.9 Å². The highest BCUT2D eigenvalue weighted by Crippen LogP contribution is 2.40. The second-order valence-electron chi connectivity index (χ2n) is 7.59. The SMILES string of the molecule is CC(=O)CCCCCC(C)(C)[Si](O)(c1ccccc1)c1ccccc1. The Hall–Kier alpha value is -1.71. The summed E-state index contributed by atoms with van der Waals surface area (Å²) in [6.45, 7) is 6.05. The number of hydrogen-bond donors (Lipinski definition) is 1. The summed E-state index contributed by atoms with van der Waals surface area (Å²) in [4.78, 5) is 23.1. The van der Waals surface area contributed by atoms with Gasteiger partial charge in [-0.25, -0.2) is 0 Å². The zero-order chi connectivity index (χ0) is 18.3. The Labute approximate surface area is 153 Å². The summed E-state index contributed by atoms with van der Waals surface area (Å²) in [6.07, 6.45) is 4.64. The third-order valence-electron chi connectivity index (χ3n) is 5.19. The van der Waals surface area contributed by atoms with Crippen LogP contribution < -0.4 is 10.4 Å².